The van der Waals surface area contributed by atoms with E-state index in [-0.39, 0.29) is 17.3 Å². The molecule has 5 nitrogen and oxygen atoms in total. The fourth-order valence-corrected chi connectivity index (χ4v) is 3.90. The lowest BCUT2D eigenvalue weighted by Gasteiger charge is -2.22. The summed E-state index contributed by atoms with van der Waals surface area (Å²) in [6.45, 7) is 3.57. The summed E-state index contributed by atoms with van der Waals surface area (Å²) in [7, 11) is -3.17. The van der Waals surface area contributed by atoms with Crippen LogP contribution in [0.3, 0.4) is 0 Å². The molecule has 0 spiro atoms. The van der Waals surface area contributed by atoms with Crippen LogP contribution in [0.2, 0.25) is 0 Å². The van der Waals surface area contributed by atoms with Gasteiger partial charge in [0.25, 0.3) is 0 Å². The van der Waals surface area contributed by atoms with Crippen LogP contribution in [-0.2, 0) is 21.2 Å². The smallest absolute Gasteiger partial charge is 0.177 e. The monoisotopic (exact) mass is 360 g/mol. The first-order chi connectivity index (χ1) is 10.5. The van der Waals surface area contributed by atoms with Crippen molar-refractivity contribution < 1.29 is 13.2 Å². The number of halogens is 1. The van der Waals surface area contributed by atoms with Crippen LogP contribution < -0.4 is 5.32 Å². The highest BCUT2D eigenvalue weighted by atomic mass is 35.5. The van der Waals surface area contributed by atoms with E-state index in [4.69, 9.17) is 4.74 Å². The van der Waals surface area contributed by atoms with Crippen LogP contribution in [0.15, 0.2) is 23.2 Å². The number of piperidine rings is 1. The average molecular weight is 361 g/mol. The van der Waals surface area contributed by atoms with Crippen LogP contribution in [0, 0.1) is 17.8 Å². The molecule has 1 aromatic heterocycles. The van der Waals surface area contributed by atoms with E-state index < -0.39 is 9.84 Å². The van der Waals surface area contributed by atoms with Gasteiger partial charge in [-0.15, -0.1) is 12.4 Å². The predicted octanol–water partition coefficient (Wildman–Crippen LogP) is 2.06. The summed E-state index contributed by atoms with van der Waals surface area (Å²) in [5.41, 5.74) is 0.784. The molecule has 1 aliphatic heterocycles. The molecule has 0 amide bonds. The summed E-state index contributed by atoms with van der Waals surface area (Å²) in [5, 5.41) is 3.41. The van der Waals surface area contributed by atoms with Crippen LogP contribution in [0.1, 0.15) is 25.0 Å². The molecule has 1 saturated carbocycles. The van der Waals surface area contributed by atoms with Crippen LogP contribution in [0.25, 0.3) is 0 Å². The Morgan fingerprint density at radius 3 is 2.65 bits per heavy atom. The zero-order valence-corrected chi connectivity index (χ0v) is 15.0. The topological polar surface area (TPSA) is 68.3 Å². The molecule has 1 aromatic rings. The summed E-state index contributed by atoms with van der Waals surface area (Å²) in [5.74, 6) is 2.43. The zero-order valence-electron chi connectivity index (χ0n) is 13.4. The van der Waals surface area contributed by atoms with Gasteiger partial charge in [0.2, 0.25) is 0 Å². The van der Waals surface area contributed by atoms with Gasteiger partial charge in [0.05, 0.1) is 23.8 Å². The van der Waals surface area contributed by atoms with Gasteiger partial charge in [0, 0.05) is 12.5 Å². The van der Waals surface area contributed by atoms with E-state index >= 15 is 0 Å². The van der Waals surface area contributed by atoms with Crippen molar-refractivity contribution in [2.75, 3.05) is 26.0 Å². The number of pyridine rings is 1. The number of nitrogens with one attached hydrogen (secondary N) is 1. The number of hydrogen-bond acceptors (Lipinski definition) is 5. The largest absolute Gasteiger partial charge is 0.375 e. The Balaban J connectivity index is 0.00000192. The lowest BCUT2D eigenvalue weighted by Crippen LogP contribution is -2.29. The Hall–Kier alpha value is -0.690. The number of hydrogen-bond donors (Lipinski definition) is 1. The number of rotatable bonds is 6. The van der Waals surface area contributed by atoms with E-state index in [2.05, 4.69) is 10.3 Å². The van der Waals surface area contributed by atoms with Crippen molar-refractivity contribution in [2.45, 2.75) is 30.8 Å². The van der Waals surface area contributed by atoms with E-state index in [1.165, 1.54) is 31.7 Å². The van der Waals surface area contributed by atoms with E-state index in [0.29, 0.717) is 12.5 Å². The van der Waals surface area contributed by atoms with Crippen LogP contribution in [0.4, 0.5) is 0 Å². The Morgan fingerprint density at radius 1 is 1.30 bits per heavy atom. The molecule has 2 heterocycles. The van der Waals surface area contributed by atoms with Crippen molar-refractivity contribution in [1.29, 1.82) is 0 Å². The summed E-state index contributed by atoms with van der Waals surface area (Å²) in [6, 6.07) is 3.32. The quantitative estimate of drug-likeness (QED) is 0.841. The maximum Gasteiger partial charge on any atom is 0.177 e. The summed E-state index contributed by atoms with van der Waals surface area (Å²) >= 11 is 0. The number of ether oxygens (including phenoxy) is 1. The minimum Gasteiger partial charge on any atom is -0.375 e. The molecule has 0 bridgehead atoms. The Morgan fingerprint density at radius 2 is 2.04 bits per heavy atom. The molecule has 23 heavy (non-hydrogen) atoms. The minimum atomic E-state index is -3.17. The molecule has 0 unspecified atom stereocenters. The molecule has 1 saturated heterocycles. The average Bonchev–Trinajstić information content (AvgIpc) is 3.27. The molecule has 7 heteroatoms. The SMILES string of the molecule is CS(=O)(=O)c1ccc(COC[C@H]2C[C@@H]2C2CCNCC2)nc1.Cl. The van der Waals surface area contributed by atoms with Crippen molar-refractivity contribution in [1.82, 2.24) is 10.3 Å². The number of nitrogens with zero attached hydrogens (tertiary/aromatic N) is 1. The molecule has 1 aliphatic carbocycles. The van der Waals surface area contributed by atoms with E-state index in [9.17, 15) is 8.42 Å². The van der Waals surface area contributed by atoms with Gasteiger partial charge in [-0.3, -0.25) is 4.98 Å². The Kier molecular flexibility index (Phi) is 6.42. The van der Waals surface area contributed by atoms with Crippen LogP contribution >= 0.6 is 12.4 Å². The highest BCUT2D eigenvalue weighted by Crippen LogP contribution is 2.47. The third kappa shape index (κ3) is 5.14. The third-order valence-corrected chi connectivity index (χ3v) is 5.87. The van der Waals surface area contributed by atoms with Gasteiger partial charge in [-0.2, -0.15) is 0 Å². The lowest BCUT2D eigenvalue weighted by molar-refractivity contribution is 0.101. The second-order valence-electron chi connectivity index (χ2n) is 6.52. The van der Waals surface area contributed by atoms with Crippen LogP contribution in [-0.4, -0.2) is 39.4 Å². The van der Waals surface area contributed by atoms with Gasteiger partial charge in [-0.1, -0.05) is 0 Å². The summed E-state index contributed by atoms with van der Waals surface area (Å²) < 4.78 is 28.5. The molecule has 130 valence electrons. The van der Waals surface area contributed by atoms with E-state index in [1.54, 1.807) is 12.1 Å². The number of sulfone groups is 1. The molecule has 1 N–H and O–H groups in total. The molecular weight excluding hydrogens is 336 g/mol. The fraction of sp³-hybridized carbons (Fsp3) is 0.688. The van der Waals surface area contributed by atoms with Gasteiger partial charge < -0.3 is 10.1 Å². The van der Waals surface area contributed by atoms with Crippen molar-refractivity contribution in [3.05, 3.63) is 24.0 Å². The van der Waals surface area contributed by atoms with Gasteiger partial charge in [-0.05, 0) is 62.2 Å². The molecule has 3 rings (SSSR count). The molecule has 0 radical (unpaired) electrons. The molecular formula is C16H25ClN2O3S. The van der Waals surface area contributed by atoms with Gasteiger partial charge in [0.1, 0.15) is 0 Å². The van der Waals surface area contributed by atoms with Crippen molar-refractivity contribution >= 4 is 22.2 Å². The van der Waals surface area contributed by atoms with Crippen molar-refractivity contribution in [3.63, 3.8) is 0 Å². The predicted molar refractivity (Wildman–Crippen MR) is 91.4 cm³/mol. The van der Waals surface area contributed by atoms with Crippen LogP contribution in [0.5, 0.6) is 0 Å². The van der Waals surface area contributed by atoms with E-state index in [0.717, 1.165) is 37.2 Å². The second kappa shape index (κ2) is 7.92. The normalized spacial score (nSPS) is 24.9. The highest BCUT2D eigenvalue weighted by molar-refractivity contribution is 7.90. The van der Waals surface area contributed by atoms with E-state index in [1.807, 2.05) is 0 Å². The Labute approximate surface area is 144 Å². The summed E-state index contributed by atoms with van der Waals surface area (Å²) in [4.78, 5) is 4.41. The first-order valence-electron chi connectivity index (χ1n) is 7.97. The molecule has 2 atom stereocenters. The zero-order chi connectivity index (χ0) is 15.6. The standard InChI is InChI=1S/C16H24N2O3S.ClH/c1-22(19,20)15-3-2-14(18-9-15)11-21-10-13-8-16(13)12-4-6-17-7-5-12;/h2-3,9,12-13,16-17H,4-8,10-11H2,1H3;1H/t13-,16-;/m1./s1. The molecule has 2 aliphatic rings. The second-order valence-corrected chi connectivity index (χ2v) is 8.54. The lowest BCUT2D eigenvalue weighted by atomic mass is 9.92. The third-order valence-electron chi connectivity index (χ3n) is 4.77. The minimum absolute atomic E-state index is 0. The fourth-order valence-electron chi connectivity index (χ4n) is 3.34. The van der Waals surface area contributed by atoms with Crippen molar-refractivity contribution in [3.8, 4) is 0 Å². The van der Waals surface area contributed by atoms with Gasteiger partial charge in [0.15, 0.2) is 9.84 Å². The molecule has 0 aromatic carbocycles. The van der Waals surface area contributed by atoms with Gasteiger partial charge >= 0.3 is 0 Å². The Bertz CT molecular complexity index is 600. The maximum atomic E-state index is 11.4. The van der Waals surface area contributed by atoms with Gasteiger partial charge in [-0.25, -0.2) is 8.42 Å². The van der Waals surface area contributed by atoms with Crippen molar-refractivity contribution in [2.24, 2.45) is 17.8 Å². The highest BCUT2D eigenvalue weighted by Gasteiger charge is 2.42. The summed E-state index contributed by atoms with van der Waals surface area (Å²) in [6.07, 6.45) is 6.49. The molecule has 2 fully saturated rings. The first kappa shape index (κ1) is 18.6. The number of aromatic nitrogens is 1. The maximum absolute atomic E-state index is 11.4. The first-order valence-corrected chi connectivity index (χ1v) is 9.86.